The number of hydrogen-bond acceptors (Lipinski definition) is 4. The Morgan fingerprint density at radius 1 is 1.22 bits per heavy atom. The molecule has 148 valence electrons. The molecule has 0 aliphatic carbocycles. The highest BCUT2D eigenvalue weighted by Gasteiger charge is 2.37. The number of carbonyl (C=O) groups is 1. The number of nitrogens with zero attached hydrogens (tertiary/aromatic N) is 1. The first-order chi connectivity index (χ1) is 12.2. The number of rotatable bonds is 6. The lowest BCUT2D eigenvalue weighted by atomic mass is 9.91. The topological polar surface area (TPSA) is 92.5 Å². The molecule has 0 saturated carbocycles. The van der Waals surface area contributed by atoms with E-state index in [2.05, 4.69) is 19.2 Å². The Kier molecular flexibility index (Phi) is 6.09. The van der Waals surface area contributed by atoms with Crippen LogP contribution in [0.15, 0.2) is 41.3 Å². The molecule has 0 saturated heterocycles. The Morgan fingerprint density at radius 3 is 2.44 bits per heavy atom. The van der Waals surface area contributed by atoms with E-state index in [1.54, 1.807) is 24.3 Å². The number of amides is 1. The first kappa shape index (κ1) is 21.5. The molecule has 2 aromatic carbocycles. The number of halogens is 1. The van der Waals surface area contributed by atoms with Crippen molar-refractivity contribution >= 4 is 44.8 Å². The number of nitrogens with one attached hydrogen (secondary N) is 1. The summed E-state index contributed by atoms with van der Waals surface area (Å²) in [5.41, 5.74) is 5.84. The molecule has 1 aliphatic rings. The van der Waals surface area contributed by atoms with Crippen LogP contribution in [-0.4, -0.2) is 33.0 Å². The molecule has 0 fully saturated rings. The van der Waals surface area contributed by atoms with E-state index in [0.717, 1.165) is 11.8 Å². The standard InChI is InChI=1S/C19H25N3O3S.ClH/c1-13(2)10-19(3,12-20)21-17(23)11-22-15-8-4-6-14-7-5-9-16(18(14)15)26(22,24)25;/h4-9,13H,10-12,20H2,1-3H3,(H,21,23);1H. The van der Waals surface area contributed by atoms with Crippen LogP contribution in [0.3, 0.4) is 0 Å². The van der Waals surface area contributed by atoms with Crippen LogP contribution in [0.4, 0.5) is 5.69 Å². The second kappa shape index (κ2) is 7.66. The Hall–Kier alpha value is -1.83. The number of sulfonamides is 1. The number of nitrogens with two attached hydrogens (primary N) is 1. The number of anilines is 1. The average molecular weight is 412 g/mol. The molecule has 1 heterocycles. The monoisotopic (exact) mass is 411 g/mol. The smallest absolute Gasteiger partial charge is 0.265 e. The molecule has 1 amide bonds. The van der Waals surface area contributed by atoms with Gasteiger partial charge in [-0.1, -0.05) is 38.1 Å². The van der Waals surface area contributed by atoms with Gasteiger partial charge in [-0.15, -0.1) is 12.4 Å². The van der Waals surface area contributed by atoms with Crippen molar-refractivity contribution in [1.82, 2.24) is 5.32 Å². The molecule has 1 atom stereocenters. The number of hydrogen-bond donors (Lipinski definition) is 2. The Labute approximate surface area is 166 Å². The molecule has 0 radical (unpaired) electrons. The van der Waals surface area contributed by atoms with E-state index < -0.39 is 15.6 Å². The molecule has 0 aromatic heterocycles. The average Bonchev–Trinajstić information content (AvgIpc) is 2.78. The van der Waals surface area contributed by atoms with Gasteiger partial charge in [-0.2, -0.15) is 0 Å². The first-order valence-electron chi connectivity index (χ1n) is 8.73. The van der Waals surface area contributed by atoms with Gasteiger partial charge in [-0.3, -0.25) is 9.10 Å². The van der Waals surface area contributed by atoms with Gasteiger partial charge in [0.1, 0.15) is 6.54 Å². The molecule has 1 unspecified atom stereocenters. The highest BCUT2D eigenvalue weighted by atomic mass is 35.5. The van der Waals surface area contributed by atoms with Crippen LogP contribution in [-0.2, 0) is 14.8 Å². The Balaban J connectivity index is 0.00000261. The van der Waals surface area contributed by atoms with Gasteiger partial charge in [0.25, 0.3) is 10.0 Å². The summed E-state index contributed by atoms with van der Waals surface area (Å²) in [6.07, 6.45) is 0.720. The van der Waals surface area contributed by atoms with Crippen LogP contribution in [0.2, 0.25) is 0 Å². The van der Waals surface area contributed by atoms with E-state index in [0.29, 0.717) is 23.5 Å². The maximum atomic E-state index is 12.9. The lowest BCUT2D eigenvalue weighted by Gasteiger charge is -2.32. The van der Waals surface area contributed by atoms with Crippen LogP contribution >= 0.6 is 12.4 Å². The van der Waals surface area contributed by atoms with E-state index in [9.17, 15) is 13.2 Å². The molecular formula is C19H26ClN3O3S. The fraction of sp³-hybridized carbons (Fsp3) is 0.421. The van der Waals surface area contributed by atoms with Gasteiger partial charge >= 0.3 is 0 Å². The van der Waals surface area contributed by atoms with Gasteiger partial charge in [0.15, 0.2) is 0 Å². The Bertz CT molecular complexity index is 957. The van der Waals surface area contributed by atoms with Crippen molar-refractivity contribution < 1.29 is 13.2 Å². The minimum atomic E-state index is -3.74. The summed E-state index contributed by atoms with van der Waals surface area (Å²) in [6, 6.07) is 10.6. The normalized spacial score (nSPS) is 16.9. The summed E-state index contributed by atoms with van der Waals surface area (Å²) in [5.74, 6) is 0.00403. The molecule has 3 rings (SSSR count). The molecule has 1 aliphatic heterocycles. The van der Waals surface area contributed by atoms with Crippen LogP contribution in [0.1, 0.15) is 27.2 Å². The van der Waals surface area contributed by atoms with Gasteiger partial charge in [-0.05, 0) is 36.8 Å². The van der Waals surface area contributed by atoms with Crippen LogP contribution < -0.4 is 15.4 Å². The molecule has 6 nitrogen and oxygen atoms in total. The van der Waals surface area contributed by atoms with Crippen LogP contribution in [0.5, 0.6) is 0 Å². The highest BCUT2D eigenvalue weighted by molar-refractivity contribution is 7.93. The minimum Gasteiger partial charge on any atom is -0.348 e. The van der Waals surface area contributed by atoms with Crippen molar-refractivity contribution in [1.29, 1.82) is 0 Å². The predicted octanol–water partition coefficient (Wildman–Crippen LogP) is 2.65. The summed E-state index contributed by atoms with van der Waals surface area (Å²) >= 11 is 0. The third kappa shape index (κ3) is 3.90. The zero-order chi connectivity index (χ0) is 19.1. The summed E-state index contributed by atoms with van der Waals surface area (Å²) in [4.78, 5) is 12.9. The van der Waals surface area contributed by atoms with Gasteiger partial charge in [0, 0.05) is 17.5 Å². The molecule has 0 bridgehead atoms. The number of benzene rings is 2. The zero-order valence-corrected chi connectivity index (χ0v) is 17.4. The molecule has 2 aromatic rings. The molecule has 8 heteroatoms. The van der Waals surface area contributed by atoms with E-state index in [1.807, 2.05) is 19.1 Å². The van der Waals surface area contributed by atoms with E-state index >= 15 is 0 Å². The van der Waals surface area contributed by atoms with Gasteiger partial charge in [0.2, 0.25) is 5.91 Å². The summed E-state index contributed by atoms with van der Waals surface area (Å²) in [7, 11) is -3.74. The fourth-order valence-electron chi connectivity index (χ4n) is 3.72. The summed E-state index contributed by atoms with van der Waals surface area (Å²) in [5, 5.41) is 4.45. The van der Waals surface area contributed by atoms with Gasteiger partial charge < -0.3 is 11.1 Å². The molecular weight excluding hydrogens is 386 g/mol. The number of carbonyl (C=O) groups excluding carboxylic acids is 1. The van der Waals surface area contributed by atoms with E-state index in [4.69, 9.17) is 5.73 Å². The molecule has 3 N–H and O–H groups in total. The van der Waals surface area contributed by atoms with Crippen molar-refractivity contribution in [2.24, 2.45) is 11.7 Å². The van der Waals surface area contributed by atoms with Crippen molar-refractivity contribution in [2.45, 2.75) is 37.6 Å². The lowest BCUT2D eigenvalue weighted by molar-refractivity contribution is -0.121. The fourth-order valence-corrected chi connectivity index (χ4v) is 5.39. The zero-order valence-electron chi connectivity index (χ0n) is 15.7. The third-order valence-electron chi connectivity index (χ3n) is 4.72. The second-order valence-corrected chi connectivity index (χ2v) is 9.38. The predicted molar refractivity (Wildman–Crippen MR) is 111 cm³/mol. The largest absolute Gasteiger partial charge is 0.348 e. The third-order valence-corrected chi connectivity index (χ3v) is 6.52. The Morgan fingerprint density at radius 2 is 1.85 bits per heavy atom. The molecule has 0 spiro atoms. The van der Waals surface area contributed by atoms with E-state index in [1.165, 1.54) is 4.31 Å². The van der Waals surface area contributed by atoms with Crippen molar-refractivity contribution in [3.63, 3.8) is 0 Å². The summed E-state index contributed by atoms with van der Waals surface area (Å²) < 4.78 is 27.1. The summed E-state index contributed by atoms with van der Waals surface area (Å²) in [6.45, 7) is 6.03. The van der Waals surface area contributed by atoms with Gasteiger partial charge in [0.05, 0.1) is 10.6 Å². The maximum absolute atomic E-state index is 12.9. The van der Waals surface area contributed by atoms with Crippen molar-refractivity contribution in [3.05, 3.63) is 36.4 Å². The van der Waals surface area contributed by atoms with Crippen molar-refractivity contribution in [3.8, 4) is 0 Å². The highest BCUT2D eigenvalue weighted by Crippen LogP contribution is 2.41. The minimum absolute atomic E-state index is 0. The van der Waals surface area contributed by atoms with E-state index in [-0.39, 0.29) is 29.8 Å². The molecule has 27 heavy (non-hydrogen) atoms. The second-order valence-electron chi connectivity index (χ2n) is 7.55. The first-order valence-corrected chi connectivity index (χ1v) is 10.2. The SMILES string of the molecule is CC(C)CC(C)(CN)NC(=O)CN1c2cccc3cccc(c23)S1(=O)=O.Cl. The lowest BCUT2D eigenvalue weighted by Crippen LogP contribution is -2.54. The quantitative estimate of drug-likeness (QED) is 0.764. The van der Waals surface area contributed by atoms with Gasteiger partial charge in [-0.25, -0.2) is 8.42 Å². The van der Waals surface area contributed by atoms with Crippen LogP contribution in [0.25, 0.3) is 10.8 Å². The maximum Gasteiger partial charge on any atom is 0.265 e. The van der Waals surface area contributed by atoms with Crippen LogP contribution in [0, 0.1) is 5.92 Å². The van der Waals surface area contributed by atoms with Crippen molar-refractivity contribution in [2.75, 3.05) is 17.4 Å².